The zero-order chi connectivity index (χ0) is 14.6. The normalized spacial score (nSPS) is 13.4. The van der Waals surface area contributed by atoms with E-state index >= 15 is 0 Å². The van der Waals surface area contributed by atoms with Crippen molar-refractivity contribution in [2.75, 3.05) is 6.61 Å². The van der Waals surface area contributed by atoms with E-state index in [1.54, 1.807) is 12.1 Å². The van der Waals surface area contributed by atoms with Crippen LogP contribution in [-0.4, -0.2) is 18.5 Å². The van der Waals surface area contributed by atoms with Crippen molar-refractivity contribution in [2.24, 2.45) is 5.41 Å². The van der Waals surface area contributed by atoms with Crippen molar-refractivity contribution in [1.82, 2.24) is 0 Å². The summed E-state index contributed by atoms with van der Waals surface area (Å²) in [5, 5.41) is 0.0361. The highest BCUT2D eigenvalue weighted by Crippen LogP contribution is 2.25. The van der Waals surface area contributed by atoms with Gasteiger partial charge in [0.05, 0.1) is 5.02 Å². The number of carbonyl (C=O) groups excluding carboxylic acids is 1. The van der Waals surface area contributed by atoms with Crippen LogP contribution in [0.3, 0.4) is 0 Å². The van der Waals surface area contributed by atoms with Gasteiger partial charge in [-0.3, -0.25) is 4.79 Å². The van der Waals surface area contributed by atoms with Crippen LogP contribution in [0.4, 0.5) is 4.39 Å². The highest BCUT2D eigenvalue weighted by atomic mass is 35.5. The van der Waals surface area contributed by atoms with Gasteiger partial charge in [-0.05, 0) is 24.0 Å². The minimum atomic E-state index is -0.545. The minimum absolute atomic E-state index is 0.00563. The number of Topliss-reactive ketones (excluding diaryl/α,β-unsaturated/α-hetero) is 1. The molecule has 0 spiro atoms. The third-order valence-electron chi connectivity index (χ3n) is 2.81. The molecular formula is C15H20ClFO2. The lowest BCUT2D eigenvalue weighted by Gasteiger charge is -2.29. The maximum atomic E-state index is 13.8. The van der Waals surface area contributed by atoms with Gasteiger partial charge in [0.25, 0.3) is 0 Å². The Bertz CT molecular complexity index is 452. The van der Waals surface area contributed by atoms with E-state index in [1.807, 2.05) is 27.7 Å². The Kier molecular flexibility index (Phi) is 5.50. The Hall–Kier alpha value is -0.930. The fourth-order valence-corrected chi connectivity index (χ4v) is 2.15. The molecule has 0 aliphatic heterocycles. The maximum Gasteiger partial charge on any atom is 0.166 e. The van der Waals surface area contributed by atoms with Gasteiger partial charge < -0.3 is 4.74 Å². The second-order valence-corrected chi connectivity index (χ2v) is 5.96. The molecule has 106 valence electrons. The summed E-state index contributed by atoms with van der Waals surface area (Å²) in [7, 11) is 0. The molecule has 2 nitrogen and oxygen atoms in total. The lowest BCUT2D eigenvalue weighted by molar-refractivity contribution is -0.136. The number of rotatable bonds is 5. The lowest BCUT2D eigenvalue weighted by Crippen LogP contribution is -2.38. The van der Waals surface area contributed by atoms with Crippen molar-refractivity contribution >= 4 is 17.4 Å². The van der Waals surface area contributed by atoms with Crippen molar-refractivity contribution in [1.29, 1.82) is 0 Å². The van der Waals surface area contributed by atoms with Gasteiger partial charge in [-0.15, -0.1) is 0 Å². The molecule has 1 aromatic carbocycles. The molecule has 0 N–H and O–H groups in total. The molecule has 1 atom stereocenters. The largest absolute Gasteiger partial charge is 0.370 e. The van der Waals surface area contributed by atoms with E-state index < -0.39 is 11.9 Å². The molecule has 1 aromatic rings. The van der Waals surface area contributed by atoms with Gasteiger partial charge >= 0.3 is 0 Å². The molecule has 1 unspecified atom stereocenters. The summed E-state index contributed by atoms with van der Waals surface area (Å²) in [4.78, 5) is 12.3. The van der Waals surface area contributed by atoms with Gasteiger partial charge in [-0.25, -0.2) is 4.39 Å². The average Bonchev–Trinajstić information content (AvgIpc) is 2.30. The van der Waals surface area contributed by atoms with Crippen molar-refractivity contribution in [2.45, 2.75) is 40.2 Å². The number of hydrogen-bond donors (Lipinski definition) is 0. The molecule has 4 heteroatoms. The average molecular weight is 287 g/mol. The van der Waals surface area contributed by atoms with Crippen LogP contribution in [0.1, 0.15) is 33.3 Å². The summed E-state index contributed by atoms with van der Waals surface area (Å²) in [6.45, 7) is 8.08. The molecular weight excluding hydrogens is 267 g/mol. The Morgan fingerprint density at radius 2 is 2.05 bits per heavy atom. The molecule has 0 bridgehead atoms. The standard InChI is InChI=1S/C15H20ClFO2/c1-5-19-14(15(2,3)4)12(18)9-10-7-6-8-11(16)13(10)17/h6-8,14H,5,9H2,1-4H3. The van der Waals surface area contributed by atoms with Crippen LogP contribution in [0.5, 0.6) is 0 Å². The van der Waals surface area contributed by atoms with Crippen LogP contribution in [0.15, 0.2) is 18.2 Å². The highest BCUT2D eigenvalue weighted by molar-refractivity contribution is 6.30. The summed E-state index contributed by atoms with van der Waals surface area (Å²) in [5.41, 5.74) is -0.00579. The predicted octanol–water partition coefficient (Wildman–Crippen LogP) is 4.04. The van der Waals surface area contributed by atoms with Crippen LogP contribution in [-0.2, 0) is 16.0 Å². The van der Waals surface area contributed by atoms with Crippen LogP contribution in [0, 0.1) is 11.2 Å². The Labute approximate surface area is 118 Å². The number of benzene rings is 1. The first-order chi connectivity index (χ1) is 8.77. The number of ketones is 1. The zero-order valence-corrected chi connectivity index (χ0v) is 12.6. The first kappa shape index (κ1) is 16.1. The highest BCUT2D eigenvalue weighted by Gasteiger charge is 2.32. The topological polar surface area (TPSA) is 26.3 Å². The molecule has 0 saturated heterocycles. The molecule has 19 heavy (non-hydrogen) atoms. The smallest absolute Gasteiger partial charge is 0.166 e. The van der Waals surface area contributed by atoms with Gasteiger partial charge in [-0.2, -0.15) is 0 Å². The minimum Gasteiger partial charge on any atom is -0.370 e. The van der Waals surface area contributed by atoms with E-state index in [0.717, 1.165) is 0 Å². The van der Waals surface area contributed by atoms with Crippen LogP contribution >= 0.6 is 11.6 Å². The summed E-state index contributed by atoms with van der Waals surface area (Å²) in [6.07, 6.45) is -0.551. The van der Waals surface area contributed by atoms with Crippen molar-refractivity contribution < 1.29 is 13.9 Å². The van der Waals surface area contributed by atoms with E-state index in [-0.39, 0.29) is 22.6 Å². The third-order valence-corrected chi connectivity index (χ3v) is 3.10. The lowest BCUT2D eigenvalue weighted by atomic mass is 9.84. The number of carbonyl (C=O) groups is 1. The molecule has 1 rings (SSSR count). The van der Waals surface area contributed by atoms with Crippen molar-refractivity contribution in [3.63, 3.8) is 0 Å². The quantitative estimate of drug-likeness (QED) is 0.816. The Morgan fingerprint density at radius 3 is 2.58 bits per heavy atom. The summed E-state index contributed by atoms with van der Waals surface area (Å²) in [6, 6.07) is 4.68. The van der Waals surface area contributed by atoms with Gasteiger partial charge in [-0.1, -0.05) is 44.5 Å². The molecule has 0 heterocycles. The van der Waals surface area contributed by atoms with E-state index in [1.165, 1.54) is 6.07 Å². The predicted molar refractivity (Wildman–Crippen MR) is 75.0 cm³/mol. The van der Waals surface area contributed by atoms with Crippen LogP contribution < -0.4 is 0 Å². The van der Waals surface area contributed by atoms with Gasteiger partial charge in [0.2, 0.25) is 0 Å². The summed E-state index contributed by atoms with van der Waals surface area (Å²) in [5.74, 6) is -0.655. The van der Waals surface area contributed by atoms with Crippen molar-refractivity contribution in [3.05, 3.63) is 34.6 Å². The van der Waals surface area contributed by atoms with Crippen molar-refractivity contribution in [3.8, 4) is 0 Å². The first-order valence-corrected chi connectivity index (χ1v) is 6.72. The maximum absolute atomic E-state index is 13.8. The molecule has 0 fully saturated rings. The molecule has 0 aromatic heterocycles. The van der Waals surface area contributed by atoms with Gasteiger partial charge in [0, 0.05) is 13.0 Å². The number of halogens is 2. The van der Waals surface area contributed by atoms with E-state index in [9.17, 15) is 9.18 Å². The van der Waals surface area contributed by atoms with Crippen LogP contribution in [0.25, 0.3) is 0 Å². The van der Waals surface area contributed by atoms with E-state index in [2.05, 4.69) is 0 Å². The molecule has 0 radical (unpaired) electrons. The van der Waals surface area contributed by atoms with Gasteiger partial charge in [0.1, 0.15) is 11.9 Å². The summed E-state index contributed by atoms with van der Waals surface area (Å²) < 4.78 is 19.3. The zero-order valence-electron chi connectivity index (χ0n) is 11.8. The molecule has 0 aliphatic carbocycles. The number of ether oxygens (including phenoxy) is 1. The first-order valence-electron chi connectivity index (χ1n) is 6.34. The fourth-order valence-electron chi connectivity index (χ4n) is 1.96. The summed E-state index contributed by atoms with van der Waals surface area (Å²) >= 11 is 5.71. The second-order valence-electron chi connectivity index (χ2n) is 5.56. The van der Waals surface area contributed by atoms with Gasteiger partial charge in [0.15, 0.2) is 5.78 Å². The second kappa shape index (κ2) is 6.49. The molecule has 0 aliphatic rings. The Morgan fingerprint density at radius 1 is 1.42 bits per heavy atom. The van der Waals surface area contributed by atoms with Crippen LogP contribution in [0.2, 0.25) is 5.02 Å². The van der Waals surface area contributed by atoms with E-state index in [0.29, 0.717) is 12.2 Å². The SMILES string of the molecule is CCOC(C(=O)Cc1cccc(Cl)c1F)C(C)(C)C. The molecule has 0 saturated carbocycles. The fraction of sp³-hybridized carbons (Fsp3) is 0.533. The third kappa shape index (κ3) is 4.29. The van der Waals surface area contributed by atoms with E-state index in [4.69, 9.17) is 16.3 Å². The monoisotopic (exact) mass is 286 g/mol. The molecule has 0 amide bonds. The Balaban J connectivity index is 2.91. The number of hydrogen-bond acceptors (Lipinski definition) is 2.